The summed E-state index contributed by atoms with van der Waals surface area (Å²) in [7, 11) is 0. The summed E-state index contributed by atoms with van der Waals surface area (Å²) in [6.07, 6.45) is -3.83. The highest BCUT2D eigenvalue weighted by Gasteiger charge is 2.29. The molecular weight excluding hydrogens is 217 g/mol. The molecule has 1 aromatic carbocycles. The van der Waals surface area contributed by atoms with E-state index in [0.29, 0.717) is 6.29 Å². The molecule has 0 saturated heterocycles. The molecule has 0 bridgehead atoms. The van der Waals surface area contributed by atoms with E-state index < -0.39 is 11.7 Å². The summed E-state index contributed by atoms with van der Waals surface area (Å²) in [4.78, 5) is 10.1. The lowest BCUT2D eigenvalue weighted by Crippen LogP contribution is -2.04. The number of halogens is 3. The number of alkyl halides is 3. The van der Waals surface area contributed by atoms with Gasteiger partial charge in [-0.15, -0.1) is 0 Å². The fourth-order valence-corrected chi connectivity index (χ4v) is 0.751. The highest BCUT2D eigenvalue weighted by Crippen LogP contribution is 2.28. The molecule has 4 heteroatoms. The first-order valence-electron chi connectivity index (χ1n) is 5.16. The molecule has 0 heterocycles. The Balaban J connectivity index is 0. The topological polar surface area (TPSA) is 17.1 Å². The van der Waals surface area contributed by atoms with Crippen LogP contribution in [0.25, 0.3) is 0 Å². The minimum Gasteiger partial charge on any atom is -0.298 e. The molecule has 1 nitrogen and oxygen atoms in total. The van der Waals surface area contributed by atoms with Crippen molar-refractivity contribution in [3.8, 4) is 0 Å². The van der Waals surface area contributed by atoms with Crippen molar-refractivity contribution >= 4 is 6.29 Å². The monoisotopic (exact) mass is 234 g/mol. The molecule has 1 rings (SSSR count). The van der Waals surface area contributed by atoms with Crippen molar-refractivity contribution in [2.45, 2.75) is 33.9 Å². The van der Waals surface area contributed by atoms with Crippen LogP contribution < -0.4 is 0 Å². The Morgan fingerprint density at radius 3 is 1.56 bits per heavy atom. The highest BCUT2D eigenvalue weighted by molar-refractivity contribution is 5.74. The average Bonchev–Trinajstić information content (AvgIpc) is 2.33. The maximum absolute atomic E-state index is 11.9. The van der Waals surface area contributed by atoms with Crippen molar-refractivity contribution in [2.24, 2.45) is 0 Å². The first-order chi connectivity index (χ1) is 7.54. The molecule has 0 aliphatic rings. The molecule has 0 N–H and O–H groups in total. The molecule has 0 fully saturated rings. The summed E-state index contributed by atoms with van der Waals surface area (Å²) in [5.41, 5.74) is -0.504. The lowest BCUT2D eigenvalue weighted by atomic mass is 10.1. The Labute approximate surface area is 94.3 Å². The second-order valence-electron chi connectivity index (χ2n) is 2.24. The van der Waals surface area contributed by atoms with Crippen LogP contribution in [0.2, 0.25) is 0 Å². The normalized spacial score (nSPS) is 9.19. The predicted octanol–water partition coefficient (Wildman–Crippen LogP) is 4.57. The van der Waals surface area contributed by atoms with Gasteiger partial charge >= 0.3 is 6.18 Å². The van der Waals surface area contributed by atoms with E-state index in [1.165, 1.54) is 0 Å². The second-order valence-corrected chi connectivity index (χ2v) is 2.24. The third-order valence-corrected chi connectivity index (χ3v) is 1.37. The summed E-state index contributed by atoms with van der Waals surface area (Å²) in [6.45, 7) is 8.00. The van der Waals surface area contributed by atoms with Gasteiger partial charge < -0.3 is 0 Å². The zero-order chi connectivity index (χ0) is 13.2. The molecule has 0 radical (unpaired) electrons. The van der Waals surface area contributed by atoms with Gasteiger partial charge in [-0.3, -0.25) is 4.79 Å². The maximum Gasteiger partial charge on any atom is 0.416 e. The van der Waals surface area contributed by atoms with Gasteiger partial charge in [0.25, 0.3) is 0 Å². The number of hydrogen-bond donors (Lipinski definition) is 0. The van der Waals surface area contributed by atoms with Crippen molar-refractivity contribution < 1.29 is 18.0 Å². The standard InChI is InChI=1S/C8H5F3O.2C2H6/c9-8(10,11)7-3-1-6(5-12)2-4-7;2*1-2/h1-5H;2*1-2H3. The van der Waals surface area contributed by atoms with Crippen LogP contribution in [0.3, 0.4) is 0 Å². The number of benzene rings is 1. The maximum atomic E-state index is 11.9. The summed E-state index contributed by atoms with van der Waals surface area (Å²) in [6, 6.07) is 4.03. The Morgan fingerprint density at radius 2 is 1.31 bits per heavy atom. The van der Waals surface area contributed by atoms with Crippen LogP contribution in [0.4, 0.5) is 13.2 Å². The summed E-state index contributed by atoms with van der Waals surface area (Å²) >= 11 is 0. The van der Waals surface area contributed by atoms with Crippen LogP contribution in [0.15, 0.2) is 24.3 Å². The van der Waals surface area contributed by atoms with Gasteiger partial charge in [-0.25, -0.2) is 0 Å². The van der Waals surface area contributed by atoms with Crippen molar-refractivity contribution in [2.75, 3.05) is 0 Å². The van der Waals surface area contributed by atoms with Gasteiger partial charge in [-0.2, -0.15) is 13.2 Å². The van der Waals surface area contributed by atoms with E-state index in [1.807, 2.05) is 27.7 Å². The molecule has 0 aromatic heterocycles. The van der Waals surface area contributed by atoms with Gasteiger partial charge in [0.2, 0.25) is 0 Å². The van der Waals surface area contributed by atoms with E-state index in [-0.39, 0.29) is 5.56 Å². The van der Waals surface area contributed by atoms with Crippen molar-refractivity contribution in [1.29, 1.82) is 0 Å². The minimum absolute atomic E-state index is 0.239. The van der Waals surface area contributed by atoms with Crippen LogP contribution >= 0.6 is 0 Å². The average molecular weight is 234 g/mol. The summed E-state index contributed by atoms with van der Waals surface area (Å²) in [5, 5.41) is 0. The third kappa shape index (κ3) is 6.22. The van der Waals surface area contributed by atoms with E-state index in [9.17, 15) is 18.0 Å². The Morgan fingerprint density at radius 1 is 0.938 bits per heavy atom. The van der Waals surface area contributed by atoms with Crippen molar-refractivity contribution in [3.63, 3.8) is 0 Å². The molecule has 0 aliphatic heterocycles. The van der Waals surface area contributed by atoms with Gasteiger partial charge in [-0.1, -0.05) is 39.8 Å². The molecule has 0 spiro atoms. The smallest absolute Gasteiger partial charge is 0.298 e. The molecule has 0 atom stereocenters. The second kappa shape index (κ2) is 8.95. The Bertz CT molecular complexity index is 275. The first-order valence-corrected chi connectivity index (χ1v) is 5.16. The first kappa shape index (κ1) is 17.1. The molecule has 0 amide bonds. The van der Waals surface area contributed by atoms with Gasteiger partial charge in [0.15, 0.2) is 0 Å². The number of carbonyl (C=O) groups excluding carboxylic acids is 1. The quantitative estimate of drug-likeness (QED) is 0.650. The molecule has 0 unspecified atom stereocenters. The van der Waals surface area contributed by atoms with E-state index in [0.717, 1.165) is 24.3 Å². The predicted molar refractivity (Wildman–Crippen MR) is 59.5 cm³/mol. The number of hydrogen-bond acceptors (Lipinski definition) is 1. The van der Waals surface area contributed by atoms with Crippen molar-refractivity contribution in [1.82, 2.24) is 0 Å². The van der Waals surface area contributed by atoms with Gasteiger partial charge in [-0.05, 0) is 12.1 Å². The highest BCUT2D eigenvalue weighted by atomic mass is 19.4. The zero-order valence-corrected chi connectivity index (χ0v) is 9.93. The van der Waals surface area contributed by atoms with Crippen LogP contribution in [0.1, 0.15) is 43.6 Å². The molecule has 1 aromatic rings. The van der Waals surface area contributed by atoms with E-state index in [4.69, 9.17) is 0 Å². The van der Waals surface area contributed by atoms with Crippen LogP contribution in [0.5, 0.6) is 0 Å². The third-order valence-electron chi connectivity index (χ3n) is 1.37. The molecule has 16 heavy (non-hydrogen) atoms. The summed E-state index contributed by atoms with van der Waals surface area (Å²) in [5.74, 6) is 0. The molecule has 0 saturated carbocycles. The fraction of sp³-hybridized carbons (Fsp3) is 0.417. The lowest BCUT2D eigenvalue weighted by molar-refractivity contribution is -0.137. The number of rotatable bonds is 1. The van der Waals surface area contributed by atoms with E-state index >= 15 is 0 Å². The van der Waals surface area contributed by atoms with Gasteiger partial charge in [0, 0.05) is 5.56 Å². The molecule has 0 aliphatic carbocycles. The summed E-state index contributed by atoms with van der Waals surface area (Å²) < 4.78 is 35.8. The number of aldehydes is 1. The van der Waals surface area contributed by atoms with E-state index in [1.54, 1.807) is 0 Å². The van der Waals surface area contributed by atoms with Crippen LogP contribution in [-0.4, -0.2) is 6.29 Å². The Hall–Kier alpha value is -1.32. The largest absolute Gasteiger partial charge is 0.416 e. The minimum atomic E-state index is -4.33. The fourth-order valence-electron chi connectivity index (χ4n) is 0.751. The van der Waals surface area contributed by atoms with Gasteiger partial charge in [0.1, 0.15) is 6.29 Å². The van der Waals surface area contributed by atoms with Crippen LogP contribution in [0, 0.1) is 0 Å². The Kier molecular flexibility index (Phi) is 9.55. The van der Waals surface area contributed by atoms with Gasteiger partial charge in [0.05, 0.1) is 5.56 Å². The van der Waals surface area contributed by atoms with Crippen molar-refractivity contribution in [3.05, 3.63) is 35.4 Å². The molecular formula is C12H17F3O. The number of carbonyl (C=O) groups is 1. The molecule has 92 valence electrons. The zero-order valence-electron chi connectivity index (χ0n) is 9.93. The van der Waals surface area contributed by atoms with E-state index in [2.05, 4.69) is 0 Å². The lowest BCUT2D eigenvalue weighted by Gasteiger charge is -2.04. The SMILES string of the molecule is CC.CC.O=Cc1ccc(C(F)(F)F)cc1. The van der Waals surface area contributed by atoms with Crippen LogP contribution in [-0.2, 0) is 6.18 Å².